The molecule has 1 unspecified atom stereocenters. The van der Waals surface area contributed by atoms with Crippen molar-refractivity contribution in [3.63, 3.8) is 0 Å². The number of Topliss-reactive ketones (excluding diaryl/α,β-unsaturated/α-hetero) is 1. The third kappa shape index (κ3) is 3.99. The van der Waals surface area contributed by atoms with Crippen molar-refractivity contribution < 1.29 is 4.79 Å². The summed E-state index contributed by atoms with van der Waals surface area (Å²) in [5, 5.41) is 0.0612. The molecule has 3 heteroatoms. The highest BCUT2D eigenvalue weighted by molar-refractivity contribution is 9.10. The van der Waals surface area contributed by atoms with Crippen LogP contribution in [0.25, 0.3) is 0 Å². The van der Waals surface area contributed by atoms with Crippen LogP contribution in [0.15, 0.2) is 28.7 Å². The highest BCUT2D eigenvalue weighted by Crippen LogP contribution is 2.18. The van der Waals surface area contributed by atoms with E-state index in [4.69, 9.17) is 0 Å². The molecule has 0 saturated carbocycles. The van der Waals surface area contributed by atoms with E-state index < -0.39 is 0 Å². The Morgan fingerprint density at radius 2 is 2.00 bits per heavy atom. The van der Waals surface area contributed by atoms with Gasteiger partial charge in [-0.2, -0.15) is 11.8 Å². The fraction of sp³-hybridized carbons (Fsp3) is 0.417. The SMILES string of the molecule is CCCSC(C)C(=O)c1ccc(Br)cc1. The Balaban J connectivity index is 2.63. The van der Waals surface area contributed by atoms with E-state index in [1.165, 1.54) is 0 Å². The first-order chi connectivity index (χ1) is 7.15. The number of ketones is 1. The zero-order valence-corrected chi connectivity index (χ0v) is 11.4. The molecule has 0 aromatic heterocycles. The summed E-state index contributed by atoms with van der Waals surface area (Å²) in [6.07, 6.45) is 1.11. The van der Waals surface area contributed by atoms with E-state index in [9.17, 15) is 4.79 Å². The minimum atomic E-state index is 0.0612. The third-order valence-electron chi connectivity index (χ3n) is 2.07. The Morgan fingerprint density at radius 3 is 2.53 bits per heavy atom. The summed E-state index contributed by atoms with van der Waals surface area (Å²) in [7, 11) is 0. The van der Waals surface area contributed by atoms with Crippen LogP contribution < -0.4 is 0 Å². The summed E-state index contributed by atoms with van der Waals surface area (Å²) in [6, 6.07) is 7.56. The van der Waals surface area contributed by atoms with Gasteiger partial charge >= 0.3 is 0 Å². The van der Waals surface area contributed by atoms with Gasteiger partial charge in [0.15, 0.2) is 5.78 Å². The molecule has 0 bridgehead atoms. The van der Waals surface area contributed by atoms with Gasteiger partial charge in [0.25, 0.3) is 0 Å². The molecule has 0 radical (unpaired) electrons. The van der Waals surface area contributed by atoms with E-state index in [1.807, 2.05) is 31.2 Å². The van der Waals surface area contributed by atoms with Crippen LogP contribution >= 0.6 is 27.7 Å². The Morgan fingerprint density at radius 1 is 1.40 bits per heavy atom. The zero-order chi connectivity index (χ0) is 11.3. The van der Waals surface area contributed by atoms with E-state index >= 15 is 0 Å². The van der Waals surface area contributed by atoms with Gasteiger partial charge in [0.2, 0.25) is 0 Å². The molecule has 0 aliphatic carbocycles. The van der Waals surface area contributed by atoms with Crippen LogP contribution in [0, 0.1) is 0 Å². The molecule has 0 saturated heterocycles. The van der Waals surface area contributed by atoms with Crippen LogP contribution in [-0.2, 0) is 0 Å². The van der Waals surface area contributed by atoms with Gasteiger partial charge in [0, 0.05) is 10.0 Å². The highest BCUT2D eigenvalue weighted by atomic mass is 79.9. The number of thioether (sulfide) groups is 1. The number of hydrogen-bond donors (Lipinski definition) is 0. The van der Waals surface area contributed by atoms with Crippen molar-refractivity contribution >= 4 is 33.5 Å². The van der Waals surface area contributed by atoms with Gasteiger partial charge in [-0.05, 0) is 31.2 Å². The number of rotatable bonds is 5. The topological polar surface area (TPSA) is 17.1 Å². The largest absolute Gasteiger partial charge is 0.293 e. The molecular weight excluding hydrogens is 272 g/mol. The minimum absolute atomic E-state index is 0.0612. The first-order valence-corrected chi connectivity index (χ1v) is 6.90. The van der Waals surface area contributed by atoms with Crippen LogP contribution in [0.2, 0.25) is 0 Å². The lowest BCUT2D eigenvalue weighted by Gasteiger charge is -2.09. The lowest BCUT2D eigenvalue weighted by Crippen LogP contribution is -2.13. The molecule has 0 aliphatic rings. The van der Waals surface area contributed by atoms with E-state index in [0.29, 0.717) is 0 Å². The molecule has 1 aromatic rings. The van der Waals surface area contributed by atoms with Crippen molar-refractivity contribution in [1.29, 1.82) is 0 Å². The van der Waals surface area contributed by atoms with Crippen LogP contribution in [-0.4, -0.2) is 16.8 Å². The molecule has 15 heavy (non-hydrogen) atoms. The summed E-state index contributed by atoms with van der Waals surface area (Å²) in [6.45, 7) is 4.11. The molecule has 1 rings (SSSR count). The average molecular weight is 287 g/mol. The number of hydrogen-bond acceptors (Lipinski definition) is 2. The molecule has 82 valence electrons. The molecule has 0 heterocycles. The van der Waals surface area contributed by atoms with Crippen molar-refractivity contribution in [2.45, 2.75) is 25.5 Å². The molecule has 0 amide bonds. The van der Waals surface area contributed by atoms with Crippen LogP contribution in [0.3, 0.4) is 0 Å². The normalized spacial score (nSPS) is 12.5. The molecule has 0 fully saturated rings. The summed E-state index contributed by atoms with van der Waals surface area (Å²) >= 11 is 5.08. The number of carbonyl (C=O) groups is 1. The second-order valence-corrected chi connectivity index (χ2v) is 5.75. The molecule has 0 N–H and O–H groups in total. The second kappa shape index (κ2) is 6.33. The van der Waals surface area contributed by atoms with E-state index in [2.05, 4.69) is 22.9 Å². The fourth-order valence-electron chi connectivity index (χ4n) is 1.22. The molecule has 1 nitrogen and oxygen atoms in total. The first-order valence-electron chi connectivity index (χ1n) is 5.06. The van der Waals surface area contributed by atoms with Crippen LogP contribution in [0.5, 0.6) is 0 Å². The maximum Gasteiger partial charge on any atom is 0.175 e. The Labute approximate surface area is 104 Å². The zero-order valence-electron chi connectivity index (χ0n) is 9.00. The van der Waals surface area contributed by atoms with Crippen LogP contribution in [0.1, 0.15) is 30.6 Å². The van der Waals surface area contributed by atoms with E-state index in [1.54, 1.807) is 11.8 Å². The van der Waals surface area contributed by atoms with Gasteiger partial charge in [-0.1, -0.05) is 35.0 Å². The van der Waals surface area contributed by atoms with Gasteiger partial charge in [0.05, 0.1) is 5.25 Å². The number of halogens is 1. The average Bonchev–Trinajstić information content (AvgIpc) is 2.26. The van der Waals surface area contributed by atoms with E-state index in [-0.39, 0.29) is 11.0 Å². The predicted molar refractivity (Wildman–Crippen MR) is 70.7 cm³/mol. The van der Waals surface area contributed by atoms with Crippen molar-refractivity contribution in [2.24, 2.45) is 0 Å². The lowest BCUT2D eigenvalue weighted by molar-refractivity contribution is 0.0994. The molecule has 1 aromatic carbocycles. The smallest absolute Gasteiger partial charge is 0.175 e. The Kier molecular flexibility index (Phi) is 5.40. The summed E-state index contributed by atoms with van der Waals surface area (Å²) in [4.78, 5) is 11.9. The van der Waals surface area contributed by atoms with Gasteiger partial charge in [-0.25, -0.2) is 0 Å². The minimum Gasteiger partial charge on any atom is -0.293 e. The van der Waals surface area contributed by atoms with Crippen LogP contribution in [0.4, 0.5) is 0 Å². The fourth-order valence-corrected chi connectivity index (χ4v) is 2.36. The summed E-state index contributed by atoms with van der Waals surface area (Å²) in [5.41, 5.74) is 0.800. The molecule has 0 aliphatic heterocycles. The summed E-state index contributed by atoms with van der Waals surface area (Å²) < 4.78 is 1.01. The van der Waals surface area contributed by atoms with Crippen molar-refractivity contribution in [3.05, 3.63) is 34.3 Å². The summed E-state index contributed by atoms with van der Waals surface area (Å²) in [5.74, 6) is 1.27. The van der Waals surface area contributed by atoms with Crippen molar-refractivity contribution in [3.8, 4) is 0 Å². The monoisotopic (exact) mass is 286 g/mol. The predicted octanol–water partition coefficient (Wildman–Crippen LogP) is 4.16. The first kappa shape index (κ1) is 12.8. The molecular formula is C12H15BrOS. The third-order valence-corrected chi connectivity index (χ3v) is 3.96. The van der Waals surface area contributed by atoms with Crippen molar-refractivity contribution in [2.75, 3.05) is 5.75 Å². The van der Waals surface area contributed by atoms with Gasteiger partial charge in [-0.3, -0.25) is 4.79 Å². The molecule has 0 spiro atoms. The highest BCUT2D eigenvalue weighted by Gasteiger charge is 2.14. The molecule has 1 atom stereocenters. The number of carbonyl (C=O) groups excluding carboxylic acids is 1. The van der Waals surface area contributed by atoms with E-state index in [0.717, 1.165) is 22.2 Å². The van der Waals surface area contributed by atoms with Gasteiger partial charge < -0.3 is 0 Å². The van der Waals surface area contributed by atoms with Gasteiger partial charge in [-0.15, -0.1) is 0 Å². The second-order valence-electron chi connectivity index (χ2n) is 3.38. The number of benzene rings is 1. The standard InChI is InChI=1S/C12H15BrOS/c1-3-8-15-9(2)12(14)10-4-6-11(13)7-5-10/h4-7,9H,3,8H2,1-2H3. The van der Waals surface area contributed by atoms with Crippen molar-refractivity contribution in [1.82, 2.24) is 0 Å². The lowest BCUT2D eigenvalue weighted by atomic mass is 10.1. The maximum absolute atomic E-state index is 11.9. The maximum atomic E-state index is 11.9. The Bertz CT molecular complexity index is 321. The quantitative estimate of drug-likeness (QED) is 0.756. The Hall–Kier alpha value is -0.280. The van der Waals surface area contributed by atoms with Gasteiger partial charge in [0.1, 0.15) is 0 Å².